The summed E-state index contributed by atoms with van der Waals surface area (Å²) >= 11 is 5.79. The zero-order chi connectivity index (χ0) is 14.0. The van der Waals surface area contributed by atoms with Crippen molar-refractivity contribution in [3.63, 3.8) is 0 Å². The summed E-state index contributed by atoms with van der Waals surface area (Å²) < 4.78 is 1.95. The maximum Gasteiger partial charge on any atom is 0.337 e. The second-order valence-electron chi connectivity index (χ2n) is 3.89. The van der Waals surface area contributed by atoms with E-state index in [1.807, 2.05) is 6.07 Å². The first-order valence-corrected chi connectivity index (χ1v) is 5.74. The van der Waals surface area contributed by atoms with Crippen molar-refractivity contribution in [1.82, 2.24) is 14.1 Å². The van der Waals surface area contributed by atoms with Crippen molar-refractivity contribution >= 4 is 11.6 Å². The summed E-state index contributed by atoms with van der Waals surface area (Å²) in [6, 6.07) is 4.58. The quantitative estimate of drug-likeness (QED) is 0.763. The molecule has 0 atom stereocenters. The Hall–Kier alpha value is -2.39. The molecule has 0 fully saturated rings. The molecule has 2 aromatic rings. The number of aryl methyl sites for hydroxylation is 1. The summed E-state index contributed by atoms with van der Waals surface area (Å²) in [4.78, 5) is 28.0. The molecule has 0 aliphatic rings. The zero-order valence-corrected chi connectivity index (χ0v) is 10.8. The Morgan fingerprint density at radius 3 is 2.74 bits per heavy atom. The van der Waals surface area contributed by atoms with Gasteiger partial charge in [0.05, 0.1) is 18.0 Å². The summed E-state index contributed by atoms with van der Waals surface area (Å²) in [5, 5.41) is 8.61. The molecule has 0 spiro atoms. The van der Waals surface area contributed by atoms with E-state index >= 15 is 0 Å². The molecule has 0 aliphatic heterocycles. The van der Waals surface area contributed by atoms with Gasteiger partial charge in [-0.15, -0.1) is 0 Å². The highest BCUT2D eigenvalue weighted by Gasteiger charge is 2.11. The molecular weight excluding hydrogens is 268 g/mol. The van der Waals surface area contributed by atoms with Crippen LogP contribution in [0.25, 0.3) is 5.69 Å². The van der Waals surface area contributed by atoms with Crippen LogP contribution in [0.15, 0.2) is 34.1 Å². The molecule has 0 aliphatic carbocycles. The van der Waals surface area contributed by atoms with Gasteiger partial charge in [0, 0.05) is 12.3 Å². The first-order valence-electron chi connectivity index (χ1n) is 5.36. The molecule has 0 saturated heterocycles. The number of hydrogen-bond donors (Lipinski definition) is 0. The lowest BCUT2D eigenvalue weighted by atomic mass is 10.3. The second-order valence-corrected chi connectivity index (χ2v) is 4.28. The fourth-order valence-corrected chi connectivity index (χ4v) is 1.89. The van der Waals surface area contributed by atoms with E-state index in [0.29, 0.717) is 5.69 Å². The van der Waals surface area contributed by atoms with Crippen LogP contribution < -0.4 is 11.2 Å². The molecule has 0 N–H and O–H groups in total. The van der Waals surface area contributed by atoms with Gasteiger partial charge in [0.2, 0.25) is 0 Å². The Bertz CT molecular complexity index is 786. The van der Waals surface area contributed by atoms with Gasteiger partial charge in [-0.3, -0.25) is 14.3 Å². The normalized spacial score (nSPS) is 10.2. The number of pyridine rings is 1. The first kappa shape index (κ1) is 13.1. The molecule has 0 amide bonds. The van der Waals surface area contributed by atoms with Crippen molar-refractivity contribution < 1.29 is 0 Å². The van der Waals surface area contributed by atoms with Crippen LogP contribution in [-0.4, -0.2) is 14.1 Å². The van der Waals surface area contributed by atoms with Crippen molar-refractivity contribution in [2.45, 2.75) is 13.5 Å². The summed E-state index contributed by atoms with van der Waals surface area (Å²) in [5.74, 6) is 0. The number of nitriles is 1. The molecule has 2 heterocycles. The molecule has 96 valence electrons. The molecule has 0 unspecified atom stereocenters. The standard InChI is InChI=1S/C12H9ClN4O2/c1-8-4-9(7-15-6-8)17-11(18)5-10(13)16(3-2-14)12(17)19/h4-7H,3H2,1H3. The molecule has 19 heavy (non-hydrogen) atoms. The van der Waals surface area contributed by atoms with Crippen LogP contribution in [0.1, 0.15) is 5.56 Å². The minimum absolute atomic E-state index is 0.0617. The van der Waals surface area contributed by atoms with Crippen LogP contribution in [0.4, 0.5) is 0 Å². The maximum absolute atomic E-state index is 12.2. The van der Waals surface area contributed by atoms with Crippen molar-refractivity contribution in [1.29, 1.82) is 5.26 Å². The minimum Gasteiger partial charge on any atom is -0.269 e. The molecule has 2 aromatic heterocycles. The van der Waals surface area contributed by atoms with E-state index < -0.39 is 11.2 Å². The molecule has 2 rings (SSSR count). The second kappa shape index (κ2) is 5.08. The molecule has 0 radical (unpaired) electrons. The summed E-state index contributed by atoms with van der Waals surface area (Å²) in [7, 11) is 0. The van der Waals surface area contributed by atoms with Crippen LogP contribution >= 0.6 is 11.6 Å². The third-order valence-corrected chi connectivity index (χ3v) is 2.80. The highest BCUT2D eigenvalue weighted by Crippen LogP contribution is 2.06. The highest BCUT2D eigenvalue weighted by molar-refractivity contribution is 6.29. The number of halogens is 1. The number of rotatable bonds is 2. The average molecular weight is 277 g/mol. The molecule has 0 saturated carbocycles. The topological polar surface area (TPSA) is 80.7 Å². The highest BCUT2D eigenvalue weighted by atomic mass is 35.5. The number of hydrogen-bond acceptors (Lipinski definition) is 4. The lowest BCUT2D eigenvalue weighted by Gasteiger charge is -2.09. The summed E-state index contributed by atoms with van der Waals surface area (Å²) in [6.45, 7) is 1.57. The third-order valence-electron chi connectivity index (χ3n) is 2.49. The average Bonchev–Trinajstić information content (AvgIpc) is 2.34. The lowest BCUT2D eigenvalue weighted by Crippen LogP contribution is -2.38. The van der Waals surface area contributed by atoms with Crippen LogP contribution in [0.2, 0.25) is 5.15 Å². The Morgan fingerprint density at radius 1 is 1.37 bits per heavy atom. The van der Waals surface area contributed by atoms with Crippen LogP contribution in [0, 0.1) is 18.3 Å². The SMILES string of the molecule is Cc1cncc(-n2c(=O)cc(Cl)n(CC#N)c2=O)c1. The van der Waals surface area contributed by atoms with Crippen molar-refractivity contribution in [3.8, 4) is 11.8 Å². The summed E-state index contributed by atoms with van der Waals surface area (Å²) in [5.41, 5.74) is -0.0630. The molecule has 0 aromatic carbocycles. The molecule has 0 bridgehead atoms. The smallest absolute Gasteiger partial charge is 0.269 e. The van der Waals surface area contributed by atoms with Gasteiger partial charge in [0.15, 0.2) is 0 Å². The van der Waals surface area contributed by atoms with E-state index in [2.05, 4.69) is 4.98 Å². The predicted octanol–water partition coefficient (Wildman–Crippen LogP) is 0.880. The van der Waals surface area contributed by atoms with Gasteiger partial charge in [-0.25, -0.2) is 9.36 Å². The van der Waals surface area contributed by atoms with E-state index in [0.717, 1.165) is 20.8 Å². The molecular formula is C12H9ClN4O2. The van der Waals surface area contributed by atoms with E-state index in [4.69, 9.17) is 16.9 Å². The van der Waals surface area contributed by atoms with Crippen molar-refractivity contribution in [2.75, 3.05) is 0 Å². The van der Waals surface area contributed by atoms with Gasteiger partial charge in [0.1, 0.15) is 11.7 Å². The minimum atomic E-state index is -0.661. The van der Waals surface area contributed by atoms with E-state index in [1.165, 1.54) is 6.20 Å². The Balaban J connectivity index is 2.78. The van der Waals surface area contributed by atoms with Crippen LogP contribution in [0.5, 0.6) is 0 Å². The predicted molar refractivity (Wildman–Crippen MR) is 69.5 cm³/mol. The van der Waals surface area contributed by atoms with Crippen LogP contribution in [0.3, 0.4) is 0 Å². The van der Waals surface area contributed by atoms with Gasteiger partial charge >= 0.3 is 5.69 Å². The fraction of sp³-hybridized carbons (Fsp3) is 0.167. The third kappa shape index (κ3) is 2.41. The number of aromatic nitrogens is 3. The van der Waals surface area contributed by atoms with Crippen molar-refractivity contribution in [3.05, 3.63) is 56.1 Å². The lowest BCUT2D eigenvalue weighted by molar-refractivity contribution is 0.699. The van der Waals surface area contributed by atoms with Gasteiger partial charge in [-0.1, -0.05) is 11.6 Å². The molecule has 7 heteroatoms. The maximum atomic E-state index is 12.2. The Labute approximate surface area is 113 Å². The molecule has 6 nitrogen and oxygen atoms in total. The van der Waals surface area contributed by atoms with Crippen LogP contribution in [-0.2, 0) is 6.54 Å². The van der Waals surface area contributed by atoms with Gasteiger partial charge in [-0.05, 0) is 18.6 Å². The van der Waals surface area contributed by atoms with E-state index in [9.17, 15) is 9.59 Å². The van der Waals surface area contributed by atoms with E-state index in [-0.39, 0.29) is 11.7 Å². The Morgan fingerprint density at radius 2 is 2.11 bits per heavy atom. The first-order chi connectivity index (χ1) is 9.04. The zero-order valence-electron chi connectivity index (χ0n) is 10.00. The largest absolute Gasteiger partial charge is 0.337 e. The van der Waals surface area contributed by atoms with Gasteiger partial charge in [0.25, 0.3) is 5.56 Å². The van der Waals surface area contributed by atoms with E-state index in [1.54, 1.807) is 19.2 Å². The van der Waals surface area contributed by atoms with Gasteiger partial charge < -0.3 is 0 Å². The van der Waals surface area contributed by atoms with Crippen molar-refractivity contribution in [2.24, 2.45) is 0 Å². The summed E-state index contributed by atoms with van der Waals surface area (Å²) in [6.07, 6.45) is 3.01. The monoisotopic (exact) mass is 276 g/mol. The fourth-order valence-electron chi connectivity index (χ4n) is 1.66. The Kier molecular flexibility index (Phi) is 3.49. The van der Waals surface area contributed by atoms with Gasteiger partial charge in [-0.2, -0.15) is 5.26 Å². The number of nitrogens with zero attached hydrogens (tertiary/aromatic N) is 4.